The van der Waals surface area contributed by atoms with Crippen LogP contribution in [0.4, 0.5) is 0 Å². The number of hydrogen-bond donors (Lipinski definition) is 1. The molecule has 3 rings (SSSR count). The quantitative estimate of drug-likeness (QED) is 0.504. The Kier molecular flexibility index (Phi) is 6.19. The molecule has 0 unspecified atom stereocenters. The average molecular weight is 396 g/mol. The van der Waals surface area contributed by atoms with E-state index in [0.29, 0.717) is 22.6 Å². The number of amides is 1. The Labute approximate surface area is 169 Å². The second-order valence-electron chi connectivity index (χ2n) is 6.92. The van der Waals surface area contributed by atoms with Gasteiger partial charge in [0.05, 0.1) is 21.8 Å². The predicted molar refractivity (Wildman–Crippen MR) is 115 cm³/mol. The van der Waals surface area contributed by atoms with Gasteiger partial charge in [0.1, 0.15) is 0 Å². The Morgan fingerprint density at radius 1 is 1.11 bits per heavy atom. The number of rotatable bonds is 6. The summed E-state index contributed by atoms with van der Waals surface area (Å²) in [5, 5.41) is 3.55. The van der Waals surface area contributed by atoms with Gasteiger partial charge in [0.25, 0.3) is 5.56 Å². The van der Waals surface area contributed by atoms with Crippen molar-refractivity contribution in [2.45, 2.75) is 44.0 Å². The summed E-state index contributed by atoms with van der Waals surface area (Å²) in [6.07, 6.45) is 0. The van der Waals surface area contributed by atoms with E-state index in [2.05, 4.69) is 19.2 Å². The highest BCUT2D eigenvalue weighted by Crippen LogP contribution is 2.29. The highest BCUT2D eigenvalue weighted by Gasteiger charge is 2.21. The maximum Gasteiger partial charge on any atom is 0.266 e. The van der Waals surface area contributed by atoms with Crippen molar-refractivity contribution >= 4 is 28.6 Å². The molecule has 0 bridgehead atoms. The average Bonchev–Trinajstić information content (AvgIpc) is 2.68. The highest BCUT2D eigenvalue weighted by molar-refractivity contribution is 8.00. The van der Waals surface area contributed by atoms with Gasteiger partial charge in [0, 0.05) is 6.54 Å². The Bertz CT molecular complexity index is 1060. The van der Waals surface area contributed by atoms with Gasteiger partial charge in [-0.2, -0.15) is 0 Å². The van der Waals surface area contributed by atoms with Gasteiger partial charge in [-0.05, 0) is 43.5 Å². The summed E-state index contributed by atoms with van der Waals surface area (Å²) >= 11 is 1.30. The van der Waals surface area contributed by atoms with E-state index in [4.69, 9.17) is 4.98 Å². The molecule has 3 aromatic rings. The molecule has 1 aromatic heterocycles. The van der Waals surface area contributed by atoms with Crippen LogP contribution in [0.15, 0.2) is 58.5 Å². The molecule has 0 saturated heterocycles. The van der Waals surface area contributed by atoms with Crippen molar-refractivity contribution in [1.29, 1.82) is 0 Å². The molecule has 6 heteroatoms. The zero-order chi connectivity index (χ0) is 20.3. The van der Waals surface area contributed by atoms with Crippen molar-refractivity contribution in [2.24, 2.45) is 0 Å². The number of para-hydroxylation sites is 2. The van der Waals surface area contributed by atoms with Gasteiger partial charge in [-0.15, -0.1) is 0 Å². The number of aromatic nitrogens is 2. The molecule has 1 amide bonds. The monoisotopic (exact) mass is 395 g/mol. The largest absolute Gasteiger partial charge is 0.355 e. The maximum atomic E-state index is 13.4. The molecule has 0 aliphatic heterocycles. The van der Waals surface area contributed by atoms with Crippen molar-refractivity contribution in [2.75, 3.05) is 6.54 Å². The second kappa shape index (κ2) is 8.61. The summed E-state index contributed by atoms with van der Waals surface area (Å²) < 4.78 is 1.65. The van der Waals surface area contributed by atoms with Crippen molar-refractivity contribution < 1.29 is 4.79 Å². The molecule has 5 nitrogen and oxygen atoms in total. The summed E-state index contributed by atoms with van der Waals surface area (Å²) in [5.41, 5.74) is 2.39. The molecular weight excluding hydrogens is 370 g/mol. The van der Waals surface area contributed by atoms with Crippen LogP contribution < -0.4 is 10.9 Å². The van der Waals surface area contributed by atoms with E-state index in [1.54, 1.807) is 10.6 Å². The molecular formula is C22H25N3O2S. The van der Waals surface area contributed by atoms with E-state index < -0.39 is 0 Å². The minimum Gasteiger partial charge on any atom is -0.355 e. The van der Waals surface area contributed by atoms with Gasteiger partial charge >= 0.3 is 0 Å². The van der Waals surface area contributed by atoms with E-state index in [9.17, 15) is 9.59 Å². The molecule has 1 heterocycles. The van der Waals surface area contributed by atoms with Crippen LogP contribution in [0.1, 0.15) is 39.2 Å². The van der Waals surface area contributed by atoms with Crippen LogP contribution >= 0.6 is 11.8 Å². The van der Waals surface area contributed by atoms with Crippen LogP contribution in [0.2, 0.25) is 0 Å². The van der Waals surface area contributed by atoms with Crippen LogP contribution in [-0.4, -0.2) is 27.3 Å². The van der Waals surface area contributed by atoms with Crippen molar-refractivity contribution in [3.8, 4) is 5.69 Å². The van der Waals surface area contributed by atoms with Gasteiger partial charge in [0.2, 0.25) is 5.91 Å². The molecule has 0 radical (unpaired) electrons. The molecule has 146 valence electrons. The molecule has 1 N–H and O–H groups in total. The fourth-order valence-electron chi connectivity index (χ4n) is 3.11. The minimum atomic E-state index is -0.370. The van der Waals surface area contributed by atoms with Crippen LogP contribution in [-0.2, 0) is 4.79 Å². The summed E-state index contributed by atoms with van der Waals surface area (Å²) in [6.45, 7) is 8.48. The van der Waals surface area contributed by atoms with Crippen molar-refractivity contribution in [3.63, 3.8) is 0 Å². The van der Waals surface area contributed by atoms with Crippen LogP contribution in [0.25, 0.3) is 16.6 Å². The van der Waals surface area contributed by atoms with Gasteiger partial charge in [-0.25, -0.2) is 4.98 Å². The van der Waals surface area contributed by atoms with E-state index in [1.165, 1.54) is 11.8 Å². The number of hydrogen-bond acceptors (Lipinski definition) is 4. The highest BCUT2D eigenvalue weighted by atomic mass is 32.2. The summed E-state index contributed by atoms with van der Waals surface area (Å²) in [5.74, 6) is 0.173. The maximum absolute atomic E-state index is 13.4. The molecule has 2 aromatic carbocycles. The van der Waals surface area contributed by atoms with Gasteiger partial charge < -0.3 is 5.32 Å². The lowest BCUT2D eigenvalue weighted by Gasteiger charge is -2.19. The Morgan fingerprint density at radius 3 is 2.50 bits per heavy atom. The first-order valence-corrected chi connectivity index (χ1v) is 10.4. The summed E-state index contributed by atoms with van der Waals surface area (Å²) in [4.78, 5) is 30.4. The van der Waals surface area contributed by atoms with Crippen LogP contribution in [0.3, 0.4) is 0 Å². The minimum absolute atomic E-state index is 0.0707. The third-order valence-electron chi connectivity index (χ3n) is 4.55. The molecule has 0 spiro atoms. The SMILES string of the molecule is CCNC(=O)[C@@H](C)Sc1nc2ccccc2c(=O)n1-c1ccccc1C(C)C. The Hall–Kier alpha value is -2.60. The smallest absolute Gasteiger partial charge is 0.266 e. The summed E-state index contributed by atoms with van der Waals surface area (Å²) in [6, 6.07) is 15.2. The van der Waals surface area contributed by atoms with Crippen molar-refractivity contribution in [3.05, 3.63) is 64.4 Å². The topological polar surface area (TPSA) is 64.0 Å². The fourth-order valence-corrected chi connectivity index (χ4v) is 4.06. The van der Waals surface area contributed by atoms with E-state index in [-0.39, 0.29) is 22.6 Å². The molecule has 28 heavy (non-hydrogen) atoms. The molecule has 0 fully saturated rings. The zero-order valence-corrected chi connectivity index (χ0v) is 17.4. The molecule has 0 aliphatic carbocycles. The van der Waals surface area contributed by atoms with E-state index in [0.717, 1.165) is 11.3 Å². The number of carbonyl (C=O) groups excluding carboxylic acids is 1. The predicted octanol–water partition coefficient (Wildman–Crippen LogP) is 4.13. The summed E-state index contributed by atoms with van der Waals surface area (Å²) in [7, 11) is 0. The van der Waals surface area contributed by atoms with Gasteiger partial charge in [-0.3, -0.25) is 14.2 Å². The third-order valence-corrected chi connectivity index (χ3v) is 5.60. The first kappa shape index (κ1) is 20.1. The first-order valence-electron chi connectivity index (χ1n) is 9.49. The second-order valence-corrected chi connectivity index (χ2v) is 8.23. The number of carbonyl (C=O) groups is 1. The van der Waals surface area contributed by atoms with Crippen molar-refractivity contribution in [1.82, 2.24) is 14.9 Å². The van der Waals surface area contributed by atoms with Gasteiger partial charge in [-0.1, -0.05) is 55.9 Å². The number of fused-ring (bicyclic) bond motifs is 1. The zero-order valence-electron chi connectivity index (χ0n) is 16.6. The third kappa shape index (κ3) is 3.97. The number of thioether (sulfide) groups is 1. The number of benzene rings is 2. The van der Waals surface area contributed by atoms with Crippen LogP contribution in [0, 0.1) is 0 Å². The van der Waals surface area contributed by atoms with E-state index in [1.807, 2.05) is 56.3 Å². The molecule has 0 saturated carbocycles. The normalized spacial score (nSPS) is 12.3. The Morgan fingerprint density at radius 2 is 1.79 bits per heavy atom. The number of nitrogens with zero attached hydrogens (tertiary/aromatic N) is 2. The standard InChI is InChI=1S/C22H25N3O2S/c1-5-23-20(26)15(4)28-22-24-18-12-8-6-11-17(18)21(27)25(22)19-13-9-7-10-16(19)14(2)3/h6-15H,5H2,1-4H3,(H,23,26)/t15-/m1/s1. The molecule has 0 aliphatic rings. The Balaban J connectivity index is 2.24. The lowest BCUT2D eigenvalue weighted by molar-refractivity contribution is -0.120. The first-order chi connectivity index (χ1) is 13.4. The lowest BCUT2D eigenvalue weighted by Crippen LogP contribution is -2.31. The van der Waals surface area contributed by atoms with E-state index >= 15 is 0 Å². The molecule has 1 atom stereocenters. The lowest BCUT2D eigenvalue weighted by atomic mass is 10.0. The number of nitrogens with one attached hydrogen (secondary N) is 1. The van der Waals surface area contributed by atoms with Crippen LogP contribution in [0.5, 0.6) is 0 Å². The van der Waals surface area contributed by atoms with Gasteiger partial charge in [0.15, 0.2) is 5.16 Å². The fraction of sp³-hybridized carbons (Fsp3) is 0.318.